The number of ketones is 1. The first-order chi connectivity index (χ1) is 15.5. The first kappa shape index (κ1) is 27.4. The summed E-state index contributed by atoms with van der Waals surface area (Å²) < 4.78 is 23.2. The Morgan fingerprint density at radius 1 is 1.12 bits per heavy atom. The van der Waals surface area contributed by atoms with Crippen LogP contribution >= 0.6 is 0 Å². The third kappa shape index (κ3) is 7.88. The van der Waals surface area contributed by atoms with E-state index in [-0.39, 0.29) is 24.5 Å². The molecule has 1 fully saturated rings. The molecule has 1 N–H and O–H groups in total. The summed E-state index contributed by atoms with van der Waals surface area (Å²) in [5.41, 5.74) is 0.381. The fourth-order valence-electron chi connectivity index (χ4n) is 4.01. The molecular formula is C26H40O7. The Morgan fingerprint density at radius 2 is 1.73 bits per heavy atom. The molecule has 1 aliphatic heterocycles. The maximum atomic E-state index is 12.9. The minimum absolute atomic E-state index is 0.0737. The molecule has 4 atom stereocenters. The van der Waals surface area contributed by atoms with Gasteiger partial charge in [-0.1, -0.05) is 44.2 Å². The first-order valence-corrected chi connectivity index (χ1v) is 11.8. The zero-order valence-electron chi connectivity index (χ0n) is 20.8. The summed E-state index contributed by atoms with van der Waals surface area (Å²) in [5.74, 6) is -3.70. The van der Waals surface area contributed by atoms with Gasteiger partial charge < -0.3 is 24.1 Å². The summed E-state index contributed by atoms with van der Waals surface area (Å²) in [6.45, 7) is 12.0. The van der Waals surface area contributed by atoms with Crippen LogP contribution in [0, 0.1) is 17.8 Å². The van der Waals surface area contributed by atoms with E-state index in [1.54, 1.807) is 34.6 Å². The molecule has 0 saturated carbocycles. The quantitative estimate of drug-likeness (QED) is 0.469. The van der Waals surface area contributed by atoms with Crippen molar-refractivity contribution in [1.29, 1.82) is 0 Å². The minimum atomic E-state index is -1.32. The number of ether oxygens (including phenoxy) is 4. The van der Waals surface area contributed by atoms with Gasteiger partial charge in [0.15, 0.2) is 5.79 Å². The van der Waals surface area contributed by atoms with Crippen LogP contribution < -0.4 is 0 Å². The smallest absolute Gasteiger partial charge is 0.314 e. The van der Waals surface area contributed by atoms with E-state index in [0.717, 1.165) is 5.56 Å². The highest BCUT2D eigenvalue weighted by molar-refractivity contribution is 5.81. The fourth-order valence-corrected chi connectivity index (χ4v) is 4.01. The number of carbonyl (C=O) groups is 2. The largest absolute Gasteiger partial charge is 0.460 e. The van der Waals surface area contributed by atoms with Crippen molar-refractivity contribution in [2.24, 2.45) is 17.8 Å². The summed E-state index contributed by atoms with van der Waals surface area (Å²) in [6, 6.07) is 9.78. The number of rotatable bonds is 12. The van der Waals surface area contributed by atoms with Crippen LogP contribution in [0.15, 0.2) is 30.3 Å². The molecule has 0 radical (unpaired) electrons. The molecule has 0 aromatic heterocycles. The fraction of sp³-hybridized carbons (Fsp3) is 0.692. The van der Waals surface area contributed by atoms with Crippen molar-refractivity contribution in [3.8, 4) is 0 Å². The van der Waals surface area contributed by atoms with Gasteiger partial charge in [0.2, 0.25) is 0 Å². The van der Waals surface area contributed by atoms with E-state index in [9.17, 15) is 14.7 Å². The number of Topliss-reactive ketones (excluding diaryl/α,β-unsaturated/α-hetero) is 1. The summed E-state index contributed by atoms with van der Waals surface area (Å²) in [4.78, 5) is 25.7. The Labute approximate surface area is 197 Å². The number of aliphatic hydroxyl groups excluding tert-OH is 1. The molecule has 1 aliphatic rings. The van der Waals surface area contributed by atoms with Gasteiger partial charge in [0.25, 0.3) is 0 Å². The second-order valence-electron chi connectivity index (χ2n) is 9.86. The third-order valence-electron chi connectivity index (χ3n) is 5.95. The molecule has 0 spiro atoms. The van der Waals surface area contributed by atoms with Gasteiger partial charge in [0, 0.05) is 24.7 Å². The van der Waals surface area contributed by atoms with E-state index in [0.29, 0.717) is 26.4 Å². The van der Waals surface area contributed by atoms with Crippen LogP contribution in [0.5, 0.6) is 0 Å². The Kier molecular flexibility index (Phi) is 10.0. The lowest BCUT2D eigenvalue weighted by molar-refractivity contribution is -0.223. The number of esters is 1. The molecule has 186 valence electrons. The van der Waals surface area contributed by atoms with Gasteiger partial charge in [-0.05, 0) is 33.3 Å². The maximum absolute atomic E-state index is 12.9. The molecule has 1 aromatic rings. The molecular weight excluding hydrogens is 424 g/mol. The van der Waals surface area contributed by atoms with Crippen LogP contribution in [-0.4, -0.2) is 54.2 Å². The number of hydrogen-bond donors (Lipinski definition) is 1. The average molecular weight is 465 g/mol. The second-order valence-corrected chi connectivity index (χ2v) is 9.86. The SMILES string of the molecule is CCC(=O)C(CC1(C(C)C(=O)OC(C)(C)C)OCCO1)C(O)[C@H](C)COCc1ccccc1. The molecule has 0 amide bonds. The van der Waals surface area contributed by atoms with Crippen LogP contribution in [0.3, 0.4) is 0 Å². The van der Waals surface area contributed by atoms with Gasteiger partial charge in [0.1, 0.15) is 17.3 Å². The summed E-state index contributed by atoms with van der Waals surface area (Å²) >= 11 is 0. The number of benzene rings is 1. The number of aliphatic hydroxyl groups is 1. The van der Waals surface area contributed by atoms with Gasteiger partial charge in [0.05, 0.1) is 32.5 Å². The monoisotopic (exact) mass is 464 g/mol. The molecule has 7 nitrogen and oxygen atoms in total. The summed E-state index contributed by atoms with van der Waals surface area (Å²) in [5, 5.41) is 11.1. The molecule has 1 aromatic carbocycles. The number of hydrogen-bond acceptors (Lipinski definition) is 7. The van der Waals surface area contributed by atoms with E-state index in [1.807, 2.05) is 37.3 Å². The normalized spacial score (nSPS) is 19.5. The summed E-state index contributed by atoms with van der Waals surface area (Å²) in [7, 11) is 0. The lowest BCUT2D eigenvalue weighted by Gasteiger charge is -2.38. The lowest BCUT2D eigenvalue weighted by Crippen LogP contribution is -2.49. The second kappa shape index (κ2) is 12.1. The highest BCUT2D eigenvalue weighted by Crippen LogP contribution is 2.38. The van der Waals surface area contributed by atoms with Gasteiger partial charge in [-0.2, -0.15) is 0 Å². The van der Waals surface area contributed by atoms with Crippen LogP contribution in [0.2, 0.25) is 0 Å². The van der Waals surface area contributed by atoms with Gasteiger partial charge in [-0.3, -0.25) is 9.59 Å². The molecule has 0 bridgehead atoms. The Morgan fingerprint density at radius 3 is 2.27 bits per heavy atom. The van der Waals surface area contributed by atoms with Gasteiger partial charge in [-0.15, -0.1) is 0 Å². The van der Waals surface area contributed by atoms with E-state index >= 15 is 0 Å². The minimum Gasteiger partial charge on any atom is -0.460 e. The standard InChI is InChI=1S/C26H40O7/c1-7-22(27)21(23(28)18(2)16-30-17-20-11-9-8-10-12-20)15-26(31-13-14-32-26)19(3)24(29)33-25(4,5)6/h8-12,18-19,21,23,28H,7,13-17H2,1-6H3/t18-,19?,21?,23?/m1/s1. The average Bonchev–Trinajstić information content (AvgIpc) is 3.25. The molecule has 33 heavy (non-hydrogen) atoms. The van der Waals surface area contributed by atoms with Crippen molar-refractivity contribution >= 4 is 11.8 Å². The van der Waals surface area contributed by atoms with E-state index in [1.165, 1.54) is 0 Å². The van der Waals surface area contributed by atoms with Crippen molar-refractivity contribution in [2.75, 3.05) is 19.8 Å². The van der Waals surface area contributed by atoms with Crippen LogP contribution in [0.1, 0.15) is 59.9 Å². The van der Waals surface area contributed by atoms with Gasteiger partial charge >= 0.3 is 5.97 Å². The van der Waals surface area contributed by atoms with E-state index in [4.69, 9.17) is 18.9 Å². The predicted octanol–water partition coefficient (Wildman–Crippen LogP) is 3.91. The van der Waals surface area contributed by atoms with Crippen molar-refractivity contribution in [3.05, 3.63) is 35.9 Å². The maximum Gasteiger partial charge on any atom is 0.314 e. The summed E-state index contributed by atoms with van der Waals surface area (Å²) in [6.07, 6.45) is -0.635. The zero-order valence-corrected chi connectivity index (χ0v) is 20.8. The molecule has 7 heteroatoms. The van der Waals surface area contributed by atoms with Crippen molar-refractivity contribution < 1.29 is 33.6 Å². The Balaban J connectivity index is 2.11. The number of carbonyl (C=O) groups excluding carboxylic acids is 2. The Hall–Kier alpha value is -1.80. The zero-order chi connectivity index (χ0) is 24.6. The van der Waals surface area contributed by atoms with Crippen molar-refractivity contribution in [2.45, 2.75) is 78.5 Å². The molecule has 1 heterocycles. The molecule has 2 rings (SSSR count). The van der Waals surface area contributed by atoms with Crippen LogP contribution in [-0.2, 0) is 35.1 Å². The van der Waals surface area contributed by atoms with Crippen molar-refractivity contribution in [1.82, 2.24) is 0 Å². The first-order valence-electron chi connectivity index (χ1n) is 11.8. The highest BCUT2D eigenvalue weighted by atomic mass is 16.7. The predicted molar refractivity (Wildman–Crippen MR) is 124 cm³/mol. The Bertz CT molecular complexity index is 750. The van der Waals surface area contributed by atoms with Crippen LogP contribution in [0.25, 0.3) is 0 Å². The van der Waals surface area contributed by atoms with Gasteiger partial charge in [-0.25, -0.2) is 0 Å². The van der Waals surface area contributed by atoms with Crippen LogP contribution in [0.4, 0.5) is 0 Å². The topological polar surface area (TPSA) is 91.3 Å². The molecule has 0 aliphatic carbocycles. The lowest BCUT2D eigenvalue weighted by atomic mass is 9.80. The highest BCUT2D eigenvalue weighted by Gasteiger charge is 2.50. The molecule has 1 saturated heterocycles. The van der Waals surface area contributed by atoms with E-state index < -0.39 is 35.3 Å². The third-order valence-corrected chi connectivity index (χ3v) is 5.95. The van der Waals surface area contributed by atoms with Crippen molar-refractivity contribution in [3.63, 3.8) is 0 Å². The molecule has 3 unspecified atom stereocenters. The van der Waals surface area contributed by atoms with E-state index in [2.05, 4.69) is 0 Å².